The van der Waals surface area contributed by atoms with Gasteiger partial charge in [0.15, 0.2) is 17.3 Å². The smallest absolute Gasteiger partial charge is 0.278 e. The van der Waals surface area contributed by atoms with Gasteiger partial charge in [-0.1, -0.05) is 28.9 Å². The van der Waals surface area contributed by atoms with E-state index in [0.717, 1.165) is 55.6 Å². The van der Waals surface area contributed by atoms with Crippen LogP contribution >= 0.6 is 22.2 Å². The molecule has 2 fully saturated rings. The number of hydrogen-bond acceptors (Lipinski definition) is 8. The number of oxime groups is 1. The van der Waals surface area contributed by atoms with Gasteiger partial charge in [-0.05, 0) is 87.0 Å². The van der Waals surface area contributed by atoms with Crippen LogP contribution in [0.15, 0.2) is 53.8 Å². The highest BCUT2D eigenvalue weighted by Crippen LogP contribution is 2.53. The number of likely N-dealkylation sites (tertiary alicyclic amines) is 1. The Balaban J connectivity index is 1.16. The zero-order valence-corrected chi connectivity index (χ0v) is 25.5. The van der Waals surface area contributed by atoms with Crippen molar-refractivity contribution in [3.8, 4) is 11.5 Å². The number of rotatable bonds is 7. The van der Waals surface area contributed by atoms with Gasteiger partial charge in [-0.25, -0.2) is 4.39 Å². The van der Waals surface area contributed by atoms with E-state index in [2.05, 4.69) is 21.1 Å². The average Bonchev–Trinajstić information content (AvgIpc) is 3.51. The molecule has 3 aliphatic rings. The molecule has 2 atom stereocenters. The van der Waals surface area contributed by atoms with Crippen LogP contribution in [0, 0.1) is 5.82 Å². The summed E-state index contributed by atoms with van der Waals surface area (Å²) < 4.78 is 48.4. The lowest BCUT2D eigenvalue weighted by Gasteiger charge is -2.35. The van der Waals surface area contributed by atoms with E-state index in [9.17, 15) is 18.7 Å². The van der Waals surface area contributed by atoms with Gasteiger partial charge in [0.1, 0.15) is 5.82 Å². The number of aromatic nitrogens is 1. The Labute approximate surface area is 256 Å². The Bertz CT molecular complexity index is 1550. The zero-order valence-electron chi connectivity index (χ0n) is 23.9. The molecule has 4 heterocycles. The van der Waals surface area contributed by atoms with E-state index >= 15 is 0 Å². The third-order valence-electron chi connectivity index (χ3n) is 8.85. The maximum atomic E-state index is 14.8. The standard InChI is InChI=1S/C31H36ClFN4O5S/c1-31(25-8-7-22(32)16-26(25)33)41-28-6-2-5-24(29(28)42-31)19-9-11-37(12-10-19)18-27-20(14-21(17-35-27)30(34)36-38)15-23-4-3-13-43(23,39)40/h2,5-8,14,16-17,19,23,38-40H,3-4,9-13,15,18H2,1H3,(H2,34,36). The first-order valence-corrected chi connectivity index (χ1v) is 16.6. The molecule has 0 bridgehead atoms. The number of benzene rings is 2. The van der Waals surface area contributed by atoms with Crippen molar-refractivity contribution >= 4 is 28.0 Å². The number of fused-ring (bicyclic) bond motifs is 1. The first-order valence-electron chi connectivity index (χ1n) is 14.5. The van der Waals surface area contributed by atoms with Crippen molar-refractivity contribution in [2.75, 3.05) is 18.8 Å². The molecule has 0 amide bonds. The molecule has 3 aliphatic heterocycles. The highest BCUT2D eigenvalue weighted by molar-refractivity contribution is 8.25. The predicted octanol–water partition coefficient (Wildman–Crippen LogP) is 6.45. The minimum Gasteiger partial charge on any atom is -0.444 e. The first kappa shape index (κ1) is 30.0. The van der Waals surface area contributed by atoms with E-state index in [-0.39, 0.29) is 22.6 Å². The summed E-state index contributed by atoms with van der Waals surface area (Å²) in [4.78, 5) is 7.01. The highest BCUT2D eigenvalue weighted by Gasteiger charge is 2.43. The van der Waals surface area contributed by atoms with Crippen molar-refractivity contribution in [3.63, 3.8) is 0 Å². The second-order valence-corrected chi connectivity index (χ2v) is 14.6. The highest BCUT2D eigenvalue weighted by atomic mass is 35.5. The van der Waals surface area contributed by atoms with Gasteiger partial charge in [-0.15, -0.1) is 0 Å². The molecule has 0 spiro atoms. The predicted molar refractivity (Wildman–Crippen MR) is 165 cm³/mol. The van der Waals surface area contributed by atoms with E-state index in [4.69, 9.17) is 26.8 Å². The maximum absolute atomic E-state index is 14.8. The lowest BCUT2D eigenvalue weighted by molar-refractivity contribution is -0.0712. The number of nitrogens with two attached hydrogens (primary N) is 1. The molecular weight excluding hydrogens is 595 g/mol. The molecule has 1 aromatic heterocycles. The molecule has 9 nitrogen and oxygen atoms in total. The SMILES string of the molecule is CC1(c2ccc(Cl)cc2F)Oc2cccc(C3CCN(Cc4ncc(C(N)=NO)cc4CC4CCCS4(O)O)CC3)c2O1. The second-order valence-electron chi connectivity index (χ2n) is 11.7. The quantitative estimate of drug-likeness (QED) is 0.101. The van der Waals surface area contributed by atoms with Crippen LogP contribution in [0.4, 0.5) is 4.39 Å². The summed E-state index contributed by atoms with van der Waals surface area (Å²) in [6.45, 7) is 3.96. The minimum atomic E-state index is -2.65. The number of hydrogen-bond donors (Lipinski definition) is 4. The molecule has 43 heavy (non-hydrogen) atoms. The lowest BCUT2D eigenvalue weighted by atomic mass is 9.88. The Kier molecular flexibility index (Phi) is 8.20. The molecule has 0 saturated carbocycles. The number of nitrogens with zero attached hydrogens (tertiary/aromatic N) is 3. The summed E-state index contributed by atoms with van der Waals surface area (Å²) in [7, 11) is -2.65. The molecule has 12 heteroatoms. The summed E-state index contributed by atoms with van der Waals surface area (Å²) in [5.74, 6) is 0.0890. The van der Waals surface area contributed by atoms with Crippen LogP contribution in [-0.2, 0) is 18.8 Å². The first-order chi connectivity index (χ1) is 20.6. The van der Waals surface area contributed by atoms with E-state index < -0.39 is 22.2 Å². The fourth-order valence-electron chi connectivity index (χ4n) is 6.47. The summed E-state index contributed by atoms with van der Waals surface area (Å²) in [5, 5.41) is 12.4. The normalized spacial score (nSPS) is 24.8. The number of amidine groups is 1. The average molecular weight is 631 g/mol. The number of piperidine rings is 1. The Morgan fingerprint density at radius 3 is 2.67 bits per heavy atom. The third kappa shape index (κ3) is 6.01. The van der Waals surface area contributed by atoms with Crippen molar-refractivity contribution in [3.05, 3.63) is 87.4 Å². The molecule has 0 aliphatic carbocycles. The fraction of sp³-hybridized carbons (Fsp3) is 0.419. The largest absolute Gasteiger partial charge is 0.444 e. The van der Waals surface area contributed by atoms with Crippen LogP contribution in [0.5, 0.6) is 11.5 Å². The molecule has 2 aromatic carbocycles. The monoisotopic (exact) mass is 630 g/mol. The molecule has 5 N–H and O–H groups in total. The van der Waals surface area contributed by atoms with Gasteiger partial charge < -0.3 is 20.4 Å². The van der Waals surface area contributed by atoms with E-state index in [0.29, 0.717) is 40.8 Å². The molecule has 3 aromatic rings. The van der Waals surface area contributed by atoms with Gasteiger partial charge in [0, 0.05) is 41.6 Å². The van der Waals surface area contributed by atoms with E-state index in [1.54, 1.807) is 25.3 Å². The van der Waals surface area contributed by atoms with E-state index in [1.165, 1.54) is 6.07 Å². The van der Waals surface area contributed by atoms with Gasteiger partial charge in [-0.3, -0.25) is 19.0 Å². The summed E-state index contributed by atoms with van der Waals surface area (Å²) in [5.41, 5.74) is 9.42. The van der Waals surface area contributed by atoms with Gasteiger partial charge in [-0.2, -0.15) is 10.6 Å². The Morgan fingerprint density at radius 2 is 1.98 bits per heavy atom. The summed E-state index contributed by atoms with van der Waals surface area (Å²) in [6.07, 6.45) is 5.37. The Morgan fingerprint density at radius 1 is 1.19 bits per heavy atom. The molecule has 2 unspecified atom stereocenters. The molecular formula is C31H36ClFN4O5S. The van der Waals surface area contributed by atoms with Crippen LogP contribution in [0.1, 0.15) is 66.5 Å². The number of pyridine rings is 1. The Hall–Kier alpha value is -3.09. The van der Waals surface area contributed by atoms with Crippen LogP contribution in [-0.4, -0.2) is 54.1 Å². The van der Waals surface area contributed by atoms with Crippen molar-refractivity contribution < 1.29 is 28.2 Å². The molecule has 230 valence electrons. The number of para-hydroxylation sites is 1. The summed E-state index contributed by atoms with van der Waals surface area (Å²) >= 11 is 5.96. The van der Waals surface area contributed by atoms with Crippen LogP contribution in [0.25, 0.3) is 0 Å². The zero-order chi connectivity index (χ0) is 30.4. The van der Waals surface area contributed by atoms with Gasteiger partial charge in [0.2, 0.25) is 0 Å². The molecule has 0 radical (unpaired) electrons. The maximum Gasteiger partial charge on any atom is 0.278 e. The molecule has 2 saturated heterocycles. The third-order valence-corrected chi connectivity index (χ3v) is 11.4. The fourth-order valence-corrected chi connectivity index (χ4v) is 8.54. The van der Waals surface area contributed by atoms with Crippen LogP contribution in [0.3, 0.4) is 0 Å². The topological polar surface area (TPSA) is 134 Å². The summed E-state index contributed by atoms with van der Waals surface area (Å²) in [6, 6.07) is 12.2. The lowest BCUT2D eigenvalue weighted by Crippen LogP contribution is -2.34. The van der Waals surface area contributed by atoms with Gasteiger partial charge in [0.25, 0.3) is 5.79 Å². The number of halogens is 2. The van der Waals surface area contributed by atoms with Gasteiger partial charge in [0.05, 0.1) is 16.5 Å². The molecule has 6 rings (SSSR count). The van der Waals surface area contributed by atoms with Crippen molar-refractivity contribution in [1.82, 2.24) is 9.88 Å². The van der Waals surface area contributed by atoms with Crippen molar-refractivity contribution in [2.45, 2.75) is 62.5 Å². The van der Waals surface area contributed by atoms with Crippen molar-refractivity contribution in [2.24, 2.45) is 10.9 Å². The minimum absolute atomic E-state index is 0.0318. The van der Waals surface area contributed by atoms with Crippen LogP contribution < -0.4 is 15.2 Å². The van der Waals surface area contributed by atoms with Crippen LogP contribution in [0.2, 0.25) is 5.02 Å². The van der Waals surface area contributed by atoms with Crippen molar-refractivity contribution in [1.29, 1.82) is 0 Å². The van der Waals surface area contributed by atoms with Gasteiger partial charge >= 0.3 is 0 Å². The van der Waals surface area contributed by atoms with E-state index in [1.807, 2.05) is 18.2 Å². The number of ether oxygens (including phenoxy) is 2. The second kappa shape index (κ2) is 11.8.